The molecular formula is C18H36O4. The molecule has 0 radical (unpaired) electrons. The lowest BCUT2D eigenvalue weighted by atomic mass is 10.0. The summed E-state index contributed by atoms with van der Waals surface area (Å²) in [4.78, 5) is 11.1. The molecule has 0 fully saturated rings. The second kappa shape index (κ2) is 16.8. The Labute approximate surface area is 136 Å². The van der Waals surface area contributed by atoms with Crippen molar-refractivity contribution in [3.8, 4) is 0 Å². The van der Waals surface area contributed by atoms with Crippen molar-refractivity contribution in [2.24, 2.45) is 0 Å². The van der Waals surface area contributed by atoms with Gasteiger partial charge in [-0.05, 0) is 32.6 Å². The molecule has 0 saturated heterocycles. The average Bonchev–Trinajstić information content (AvgIpc) is 2.50. The van der Waals surface area contributed by atoms with E-state index in [1.807, 2.05) is 6.92 Å². The molecule has 0 spiro atoms. The number of esters is 1. The maximum atomic E-state index is 11.1. The molecule has 0 aromatic heterocycles. The first-order valence-corrected chi connectivity index (χ1v) is 9.15. The fourth-order valence-electron chi connectivity index (χ4n) is 2.58. The van der Waals surface area contributed by atoms with Crippen LogP contribution in [-0.2, 0) is 9.53 Å². The molecule has 2 N–H and O–H groups in total. The quantitative estimate of drug-likeness (QED) is 0.334. The van der Waals surface area contributed by atoms with Crippen molar-refractivity contribution in [2.45, 2.75) is 96.5 Å². The first-order chi connectivity index (χ1) is 10.7. The van der Waals surface area contributed by atoms with Gasteiger partial charge in [-0.1, -0.05) is 51.4 Å². The molecule has 0 amide bonds. The Morgan fingerprint density at radius 2 is 1.36 bits per heavy atom. The van der Waals surface area contributed by atoms with Crippen LogP contribution in [0.3, 0.4) is 0 Å². The summed E-state index contributed by atoms with van der Waals surface area (Å²) in [6.07, 6.45) is 12.9. The largest absolute Gasteiger partial charge is 0.466 e. The second-order valence-electron chi connectivity index (χ2n) is 6.05. The summed E-state index contributed by atoms with van der Waals surface area (Å²) in [7, 11) is 0. The molecule has 1 unspecified atom stereocenters. The molecule has 4 heteroatoms. The number of unbranched alkanes of at least 4 members (excludes halogenated alkanes) is 8. The van der Waals surface area contributed by atoms with Crippen molar-refractivity contribution in [2.75, 3.05) is 13.2 Å². The normalized spacial score (nSPS) is 12.3. The van der Waals surface area contributed by atoms with Gasteiger partial charge in [-0.15, -0.1) is 0 Å². The van der Waals surface area contributed by atoms with E-state index in [4.69, 9.17) is 9.84 Å². The molecule has 22 heavy (non-hydrogen) atoms. The Morgan fingerprint density at radius 1 is 0.864 bits per heavy atom. The molecule has 0 rings (SSSR count). The van der Waals surface area contributed by atoms with Crippen LogP contribution in [0.1, 0.15) is 90.4 Å². The van der Waals surface area contributed by atoms with Gasteiger partial charge in [0.25, 0.3) is 0 Å². The molecule has 4 nitrogen and oxygen atoms in total. The van der Waals surface area contributed by atoms with Crippen molar-refractivity contribution >= 4 is 5.97 Å². The lowest BCUT2D eigenvalue weighted by Crippen LogP contribution is -2.06. The van der Waals surface area contributed by atoms with Crippen LogP contribution in [-0.4, -0.2) is 35.5 Å². The van der Waals surface area contributed by atoms with Gasteiger partial charge in [0, 0.05) is 13.0 Å². The Balaban J connectivity index is 3.21. The van der Waals surface area contributed by atoms with Crippen LogP contribution in [0.4, 0.5) is 0 Å². The van der Waals surface area contributed by atoms with Gasteiger partial charge in [0.05, 0.1) is 12.7 Å². The minimum absolute atomic E-state index is 0.0862. The first kappa shape index (κ1) is 21.4. The van der Waals surface area contributed by atoms with Crippen LogP contribution in [0.5, 0.6) is 0 Å². The topological polar surface area (TPSA) is 66.8 Å². The predicted octanol–water partition coefficient (Wildman–Crippen LogP) is 3.97. The summed E-state index contributed by atoms with van der Waals surface area (Å²) in [6.45, 7) is 2.60. The smallest absolute Gasteiger partial charge is 0.305 e. The van der Waals surface area contributed by atoms with Crippen LogP contribution >= 0.6 is 0 Å². The molecule has 0 aliphatic rings. The fourth-order valence-corrected chi connectivity index (χ4v) is 2.58. The molecule has 1 atom stereocenters. The highest BCUT2D eigenvalue weighted by Gasteiger charge is 2.04. The van der Waals surface area contributed by atoms with E-state index in [-0.39, 0.29) is 12.1 Å². The Bertz CT molecular complexity index is 243. The van der Waals surface area contributed by atoms with E-state index in [0.29, 0.717) is 19.6 Å². The van der Waals surface area contributed by atoms with Crippen LogP contribution in [0.15, 0.2) is 0 Å². The zero-order chi connectivity index (χ0) is 16.5. The molecule has 0 heterocycles. The van der Waals surface area contributed by atoms with Crippen molar-refractivity contribution in [3.05, 3.63) is 0 Å². The highest BCUT2D eigenvalue weighted by molar-refractivity contribution is 5.69. The van der Waals surface area contributed by atoms with E-state index in [9.17, 15) is 9.90 Å². The summed E-state index contributed by atoms with van der Waals surface area (Å²) in [5, 5.41) is 18.6. The van der Waals surface area contributed by atoms with E-state index in [2.05, 4.69) is 0 Å². The maximum absolute atomic E-state index is 11.1. The Kier molecular flexibility index (Phi) is 16.3. The van der Waals surface area contributed by atoms with Crippen LogP contribution < -0.4 is 0 Å². The van der Waals surface area contributed by atoms with Crippen LogP contribution in [0, 0.1) is 0 Å². The fraction of sp³-hybridized carbons (Fsp3) is 0.944. The molecule has 0 bridgehead atoms. The van der Waals surface area contributed by atoms with Gasteiger partial charge in [-0.2, -0.15) is 0 Å². The predicted molar refractivity (Wildman–Crippen MR) is 89.7 cm³/mol. The third-order valence-corrected chi connectivity index (χ3v) is 3.92. The Morgan fingerprint density at radius 3 is 1.91 bits per heavy atom. The van der Waals surface area contributed by atoms with Gasteiger partial charge in [0.2, 0.25) is 0 Å². The van der Waals surface area contributed by atoms with Gasteiger partial charge in [0.15, 0.2) is 0 Å². The van der Waals surface area contributed by atoms with E-state index >= 15 is 0 Å². The molecule has 0 aromatic carbocycles. The summed E-state index contributed by atoms with van der Waals surface area (Å²) >= 11 is 0. The molecule has 0 aliphatic heterocycles. The molecule has 132 valence electrons. The average molecular weight is 316 g/mol. The van der Waals surface area contributed by atoms with Crippen molar-refractivity contribution in [1.29, 1.82) is 0 Å². The highest BCUT2D eigenvalue weighted by atomic mass is 16.5. The summed E-state index contributed by atoms with van der Waals surface area (Å²) in [5.74, 6) is -0.0862. The number of hydrogen-bond donors (Lipinski definition) is 2. The van der Waals surface area contributed by atoms with Gasteiger partial charge < -0.3 is 14.9 Å². The lowest BCUT2D eigenvalue weighted by molar-refractivity contribution is -0.143. The van der Waals surface area contributed by atoms with Crippen molar-refractivity contribution < 1.29 is 19.7 Å². The third kappa shape index (κ3) is 15.8. The second-order valence-corrected chi connectivity index (χ2v) is 6.05. The Hall–Kier alpha value is -0.610. The highest BCUT2D eigenvalue weighted by Crippen LogP contribution is 2.13. The van der Waals surface area contributed by atoms with E-state index in [1.54, 1.807) is 0 Å². The van der Waals surface area contributed by atoms with Gasteiger partial charge in [0.1, 0.15) is 0 Å². The van der Waals surface area contributed by atoms with Gasteiger partial charge in [-0.3, -0.25) is 4.79 Å². The molecule has 0 saturated carbocycles. The van der Waals surface area contributed by atoms with Crippen LogP contribution in [0.2, 0.25) is 0 Å². The number of carbonyl (C=O) groups is 1. The number of carbonyl (C=O) groups excluding carboxylic acids is 1. The monoisotopic (exact) mass is 316 g/mol. The molecule has 0 aliphatic carbocycles. The SMILES string of the molecule is CCOC(=O)CCCCCCCC(O)CCCCCCCO. The summed E-state index contributed by atoms with van der Waals surface area (Å²) < 4.78 is 4.89. The molecule has 0 aromatic rings. The first-order valence-electron chi connectivity index (χ1n) is 9.15. The zero-order valence-corrected chi connectivity index (χ0v) is 14.4. The van der Waals surface area contributed by atoms with Crippen LogP contribution in [0.25, 0.3) is 0 Å². The number of rotatable bonds is 16. The molecular weight excluding hydrogens is 280 g/mol. The number of hydrogen-bond acceptors (Lipinski definition) is 4. The third-order valence-electron chi connectivity index (χ3n) is 3.92. The number of aliphatic hydroxyl groups excluding tert-OH is 2. The lowest BCUT2D eigenvalue weighted by Gasteiger charge is -2.10. The van der Waals surface area contributed by atoms with E-state index in [1.165, 1.54) is 0 Å². The van der Waals surface area contributed by atoms with E-state index < -0.39 is 0 Å². The minimum Gasteiger partial charge on any atom is -0.466 e. The van der Waals surface area contributed by atoms with E-state index in [0.717, 1.165) is 77.0 Å². The zero-order valence-electron chi connectivity index (χ0n) is 14.4. The maximum Gasteiger partial charge on any atom is 0.305 e. The minimum atomic E-state index is -0.155. The number of aliphatic hydroxyl groups is 2. The van der Waals surface area contributed by atoms with Gasteiger partial charge in [-0.25, -0.2) is 0 Å². The van der Waals surface area contributed by atoms with Gasteiger partial charge >= 0.3 is 5.97 Å². The summed E-state index contributed by atoms with van der Waals surface area (Å²) in [5.41, 5.74) is 0. The van der Waals surface area contributed by atoms with Crippen molar-refractivity contribution in [3.63, 3.8) is 0 Å². The summed E-state index contributed by atoms with van der Waals surface area (Å²) in [6, 6.07) is 0. The number of ether oxygens (including phenoxy) is 1. The van der Waals surface area contributed by atoms with Crippen molar-refractivity contribution in [1.82, 2.24) is 0 Å². The standard InChI is InChI=1S/C18H36O4/c1-2-22-18(21)15-11-7-3-5-9-13-17(20)14-10-6-4-8-12-16-19/h17,19-20H,2-16H2,1H3.